The van der Waals surface area contributed by atoms with Crippen molar-refractivity contribution in [2.75, 3.05) is 13.2 Å². The SMILES string of the molecule is CCn1c(=O)c2c(C3(C#N)COC3)c(S(N)(=O)=O)ccc2n(CC)c1=O. The lowest BCUT2D eigenvalue weighted by Crippen LogP contribution is -2.48. The molecular formula is C16H18N4O5S. The number of benzene rings is 1. The highest BCUT2D eigenvalue weighted by molar-refractivity contribution is 7.89. The van der Waals surface area contributed by atoms with E-state index in [1.54, 1.807) is 13.8 Å². The highest BCUT2D eigenvalue weighted by Gasteiger charge is 2.46. The number of aromatic nitrogens is 2. The fourth-order valence-corrected chi connectivity index (χ4v) is 4.19. The van der Waals surface area contributed by atoms with E-state index < -0.39 is 26.7 Å². The summed E-state index contributed by atoms with van der Waals surface area (Å²) in [7, 11) is -4.20. The topological polar surface area (TPSA) is 137 Å². The summed E-state index contributed by atoms with van der Waals surface area (Å²) in [5.41, 5.74) is -2.14. The third-order valence-corrected chi connectivity index (χ3v) is 5.64. The minimum absolute atomic E-state index is 0.0145. The van der Waals surface area contributed by atoms with Crippen LogP contribution in [0.5, 0.6) is 0 Å². The molecule has 2 N–H and O–H groups in total. The first kappa shape index (κ1) is 18.3. The zero-order valence-electron chi connectivity index (χ0n) is 14.4. The Bertz CT molecular complexity index is 1170. The van der Waals surface area contributed by atoms with Crippen LogP contribution in [0.2, 0.25) is 0 Å². The number of hydrogen-bond acceptors (Lipinski definition) is 6. The fraction of sp³-hybridized carbons (Fsp3) is 0.438. The molecule has 0 saturated carbocycles. The molecule has 1 aliphatic heterocycles. The van der Waals surface area contributed by atoms with E-state index in [0.717, 1.165) is 4.57 Å². The van der Waals surface area contributed by atoms with Gasteiger partial charge in [-0.3, -0.25) is 13.9 Å². The molecular weight excluding hydrogens is 360 g/mol. The molecule has 1 fully saturated rings. The van der Waals surface area contributed by atoms with Crippen LogP contribution >= 0.6 is 0 Å². The molecule has 1 aliphatic rings. The first-order chi connectivity index (χ1) is 12.2. The maximum Gasteiger partial charge on any atom is 0.331 e. The minimum Gasteiger partial charge on any atom is -0.377 e. The van der Waals surface area contributed by atoms with Crippen LogP contribution in [0.25, 0.3) is 10.9 Å². The first-order valence-electron chi connectivity index (χ1n) is 8.04. The standard InChI is InChI=1S/C16H18N4O5S/c1-3-19-10-5-6-11(26(18,23)24)13(16(7-17)8-25-9-16)12(10)14(21)20(4-2)15(19)22/h5-6H,3-4,8-9H2,1-2H3,(H2,18,23,24). The van der Waals surface area contributed by atoms with Crippen LogP contribution in [0.15, 0.2) is 26.6 Å². The van der Waals surface area contributed by atoms with E-state index in [4.69, 9.17) is 9.88 Å². The third kappa shape index (κ3) is 2.39. The average molecular weight is 378 g/mol. The lowest BCUT2D eigenvalue weighted by molar-refractivity contribution is -0.0303. The summed E-state index contributed by atoms with van der Waals surface area (Å²) in [6.07, 6.45) is 0. The quantitative estimate of drug-likeness (QED) is 0.771. The summed E-state index contributed by atoms with van der Waals surface area (Å²) in [5.74, 6) is 0. The summed E-state index contributed by atoms with van der Waals surface area (Å²) >= 11 is 0. The van der Waals surface area contributed by atoms with Crippen molar-refractivity contribution in [2.24, 2.45) is 5.14 Å². The first-order valence-corrected chi connectivity index (χ1v) is 9.59. The summed E-state index contributed by atoms with van der Waals surface area (Å²) in [5, 5.41) is 15.1. The Morgan fingerprint density at radius 3 is 2.27 bits per heavy atom. The molecule has 0 spiro atoms. The number of sulfonamides is 1. The second kappa shape index (κ2) is 6.05. The maximum atomic E-state index is 13.0. The number of aryl methyl sites for hydroxylation is 1. The van der Waals surface area contributed by atoms with Crippen molar-refractivity contribution in [1.29, 1.82) is 5.26 Å². The van der Waals surface area contributed by atoms with Crippen molar-refractivity contribution in [3.05, 3.63) is 38.5 Å². The zero-order chi connectivity index (χ0) is 19.3. The number of rotatable bonds is 4. The number of primary sulfonamides is 1. The normalized spacial score (nSPS) is 16.2. The monoisotopic (exact) mass is 378 g/mol. The van der Waals surface area contributed by atoms with Crippen LogP contribution in [0.4, 0.5) is 0 Å². The third-order valence-electron chi connectivity index (χ3n) is 4.69. The Hall–Kier alpha value is -2.48. The van der Waals surface area contributed by atoms with Crippen LogP contribution in [0.3, 0.4) is 0 Å². The van der Waals surface area contributed by atoms with Crippen molar-refractivity contribution in [3.8, 4) is 6.07 Å². The molecule has 138 valence electrons. The molecule has 2 heterocycles. The van der Waals surface area contributed by atoms with Crippen molar-refractivity contribution >= 4 is 20.9 Å². The van der Waals surface area contributed by atoms with Crippen LogP contribution in [0.1, 0.15) is 19.4 Å². The molecule has 1 saturated heterocycles. The largest absolute Gasteiger partial charge is 0.377 e. The number of fused-ring (bicyclic) bond motifs is 1. The van der Waals surface area contributed by atoms with Gasteiger partial charge in [-0.15, -0.1) is 0 Å². The van der Waals surface area contributed by atoms with E-state index in [1.807, 2.05) is 0 Å². The lowest BCUT2D eigenvalue weighted by Gasteiger charge is -2.37. The van der Waals surface area contributed by atoms with E-state index in [1.165, 1.54) is 16.7 Å². The molecule has 0 amide bonds. The van der Waals surface area contributed by atoms with E-state index in [0.29, 0.717) is 0 Å². The van der Waals surface area contributed by atoms with Gasteiger partial charge in [-0.2, -0.15) is 5.26 Å². The molecule has 2 aromatic rings. The van der Waals surface area contributed by atoms with Gasteiger partial charge in [0.1, 0.15) is 5.41 Å². The zero-order valence-corrected chi connectivity index (χ0v) is 15.2. The minimum atomic E-state index is -4.20. The highest BCUT2D eigenvalue weighted by Crippen LogP contribution is 2.38. The summed E-state index contributed by atoms with van der Waals surface area (Å²) in [6, 6.07) is 4.70. The smallest absolute Gasteiger partial charge is 0.331 e. The average Bonchev–Trinajstić information content (AvgIpc) is 2.54. The molecule has 0 radical (unpaired) electrons. The Balaban J connectivity index is 2.67. The predicted octanol–water partition coefficient (Wildman–Crippen LogP) is -0.358. The van der Waals surface area contributed by atoms with Crippen LogP contribution in [-0.4, -0.2) is 30.8 Å². The van der Waals surface area contributed by atoms with Gasteiger partial charge in [-0.25, -0.2) is 18.4 Å². The number of hydrogen-bond donors (Lipinski definition) is 1. The Morgan fingerprint density at radius 2 is 1.85 bits per heavy atom. The maximum absolute atomic E-state index is 13.0. The molecule has 10 heteroatoms. The van der Waals surface area contributed by atoms with Gasteiger partial charge >= 0.3 is 5.69 Å². The predicted molar refractivity (Wildman–Crippen MR) is 93.3 cm³/mol. The second-order valence-corrected chi connectivity index (χ2v) is 7.67. The number of ether oxygens (including phenoxy) is 1. The van der Waals surface area contributed by atoms with Gasteiger partial charge in [0.2, 0.25) is 10.0 Å². The second-order valence-electron chi connectivity index (χ2n) is 6.14. The van der Waals surface area contributed by atoms with E-state index in [2.05, 4.69) is 6.07 Å². The van der Waals surface area contributed by atoms with Crippen LogP contribution < -0.4 is 16.4 Å². The van der Waals surface area contributed by atoms with Gasteiger partial charge in [0, 0.05) is 18.7 Å². The molecule has 0 aliphatic carbocycles. The molecule has 3 rings (SSSR count). The van der Waals surface area contributed by atoms with Gasteiger partial charge in [0.05, 0.1) is 35.1 Å². The van der Waals surface area contributed by atoms with Gasteiger partial charge < -0.3 is 4.74 Å². The number of nitriles is 1. The van der Waals surface area contributed by atoms with Crippen molar-refractivity contribution in [2.45, 2.75) is 37.2 Å². The summed E-state index contributed by atoms with van der Waals surface area (Å²) < 4.78 is 31.8. The van der Waals surface area contributed by atoms with Gasteiger partial charge in [-0.1, -0.05) is 0 Å². The Morgan fingerprint density at radius 1 is 1.23 bits per heavy atom. The molecule has 9 nitrogen and oxygen atoms in total. The van der Waals surface area contributed by atoms with Crippen LogP contribution in [-0.2, 0) is 33.3 Å². The molecule has 26 heavy (non-hydrogen) atoms. The van der Waals surface area contributed by atoms with Crippen LogP contribution in [0, 0.1) is 11.3 Å². The van der Waals surface area contributed by atoms with Gasteiger partial charge in [0.25, 0.3) is 5.56 Å². The van der Waals surface area contributed by atoms with Crippen molar-refractivity contribution < 1.29 is 13.2 Å². The molecule has 0 unspecified atom stereocenters. The Labute approximate surface area is 149 Å². The number of nitrogens with two attached hydrogens (primary N) is 1. The van der Waals surface area contributed by atoms with Gasteiger partial charge in [-0.05, 0) is 26.0 Å². The van der Waals surface area contributed by atoms with Crippen molar-refractivity contribution in [3.63, 3.8) is 0 Å². The highest BCUT2D eigenvalue weighted by atomic mass is 32.2. The van der Waals surface area contributed by atoms with Gasteiger partial charge in [0.15, 0.2) is 0 Å². The van der Waals surface area contributed by atoms with E-state index in [9.17, 15) is 23.3 Å². The molecule has 0 atom stereocenters. The number of nitrogens with zero attached hydrogens (tertiary/aromatic N) is 3. The molecule has 0 bridgehead atoms. The molecule has 1 aromatic heterocycles. The summed E-state index contributed by atoms with van der Waals surface area (Å²) in [6.45, 7) is 3.67. The summed E-state index contributed by atoms with van der Waals surface area (Å²) in [4.78, 5) is 25.3. The Kier molecular flexibility index (Phi) is 4.26. The fourth-order valence-electron chi connectivity index (χ4n) is 3.35. The lowest BCUT2D eigenvalue weighted by atomic mass is 9.78. The molecule has 1 aromatic carbocycles. The van der Waals surface area contributed by atoms with E-state index in [-0.39, 0.29) is 47.7 Å². The van der Waals surface area contributed by atoms with Crippen molar-refractivity contribution in [1.82, 2.24) is 9.13 Å². The van der Waals surface area contributed by atoms with E-state index >= 15 is 0 Å².